The molecule has 0 N–H and O–H groups in total. The molecular weight excluding hydrogens is 288 g/mol. The summed E-state index contributed by atoms with van der Waals surface area (Å²) in [6.45, 7) is 0. The van der Waals surface area contributed by atoms with Gasteiger partial charge in [-0.1, -0.05) is 22.0 Å². The molecule has 0 saturated carbocycles. The number of halogens is 1. The Labute approximate surface area is 105 Å². The minimum Gasteiger partial charge on any atom is -0.298 e. The van der Waals surface area contributed by atoms with E-state index in [1.807, 2.05) is 24.3 Å². The van der Waals surface area contributed by atoms with Crippen molar-refractivity contribution in [2.24, 2.45) is 0 Å². The monoisotopic (exact) mass is 294 g/mol. The molecule has 0 aliphatic rings. The summed E-state index contributed by atoms with van der Waals surface area (Å²) in [6.07, 6.45) is 3.76. The number of benzene rings is 1. The van der Waals surface area contributed by atoms with Gasteiger partial charge in [-0.05, 0) is 30.0 Å². The van der Waals surface area contributed by atoms with E-state index in [2.05, 4.69) is 25.9 Å². The van der Waals surface area contributed by atoms with Crippen LogP contribution in [-0.4, -0.2) is 16.3 Å². The highest BCUT2D eigenvalue weighted by atomic mass is 79.9. The van der Waals surface area contributed by atoms with Gasteiger partial charge in [-0.15, -0.1) is 0 Å². The fourth-order valence-electron chi connectivity index (χ4n) is 1.08. The van der Waals surface area contributed by atoms with Crippen LogP contribution in [0.3, 0.4) is 0 Å². The third-order valence-electron chi connectivity index (χ3n) is 1.79. The second-order valence-corrected chi connectivity index (χ2v) is 4.93. The van der Waals surface area contributed by atoms with Crippen molar-refractivity contribution in [2.75, 3.05) is 0 Å². The fraction of sp³-hybridized carbons (Fsp3) is 0. The molecule has 0 atom stereocenters. The molecule has 16 heavy (non-hydrogen) atoms. The van der Waals surface area contributed by atoms with Crippen LogP contribution in [-0.2, 0) is 0 Å². The maximum atomic E-state index is 10.4. The van der Waals surface area contributed by atoms with Gasteiger partial charge in [0.15, 0.2) is 11.4 Å². The van der Waals surface area contributed by atoms with E-state index in [4.69, 9.17) is 0 Å². The molecule has 0 aliphatic heterocycles. The zero-order valence-electron chi connectivity index (χ0n) is 8.13. The first-order valence-corrected chi connectivity index (χ1v) is 6.09. The van der Waals surface area contributed by atoms with Gasteiger partial charge in [-0.25, -0.2) is 9.97 Å². The van der Waals surface area contributed by atoms with Crippen molar-refractivity contribution in [1.82, 2.24) is 9.97 Å². The molecule has 0 bridgehead atoms. The number of hydrogen-bond acceptors (Lipinski definition) is 4. The molecule has 0 unspecified atom stereocenters. The van der Waals surface area contributed by atoms with Crippen LogP contribution in [0.5, 0.6) is 0 Å². The van der Waals surface area contributed by atoms with Gasteiger partial charge in [0.25, 0.3) is 0 Å². The lowest BCUT2D eigenvalue weighted by Crippen LogP contribution is -1.88. The van der Waals surface area contributed by atoms with Crippen LogP contribution < -0.4 is 0 Å². The van der Waals surface area contributed by atoms with Crippen LogP contribution in [0.15, 0.2) is 51.2 Å². The van der Waals surface area contributed by atoms with Crippen molar-refractivity contribution in [2.45, 2.75) is 10.1 Å². The second kappa shape index (κ2) is 5.23. The second-order valence-electron chi connectivity index (χ2n) is 2.98. The number of rotatable bonds is 3. The molecule has 5 heteroatoms. The highest BCUT2D eigenvalue weighted by molar-refractivity contribution is 9.10. The molecule has 0 aliphatic carbocycles. The fourth-order valence-corrected chi connectivity index (χ4v) is 2.38. The highest BCUT2D eigenvalue weighted by Gasteiger charge is 2.01. The number of nitrogens with zero attached hydrogens (tertiary/aromatic N) is 2. The van der Waals surface area contributed by atoms with Crippen molar-refractivity contribution in [1.29, 1.82) is 0 Å². The van der Waals surface area contributed by atoms with Crippen LogP contribution >= 0.6 is 27.7 Å². The van der Waals surface area contributed by atoms with Gasteiger partial charge in [-0.2, -0.15) is 0 Å². The Morgan fingerprint density at radius 1 is 1.25 bits per heavy atom. The summed E-state index contributed by atoms with van der Waals surface area (Å²) >= 11 is 4.85. The summed E-state index contributed by atoms with van der Waals surface area (Å²) in [5, 5.41) is 0.628. The van der Waals surface area contributed by atoms with E-state index >= 15 is 0 Å². The molecule has 3 nitrogen and oxygen atoms in total. The van der Waals surface area contributed by atoms with Crippen molar-refractivity contribution in [3.8, 4) is 0 Å². The molecule has 0 amide bonds. The van der Waals surface area contributed by atoms with Gasteiger partial charge in [0.05, 0.1) is 5.56 Å². The lowest BCUT2D eigenvalue weighted by molar-refractivity contribution is 0.112. The van der Waals surface area contributed by atoms with E-state index in [0.29, 0.717) is 10.7 Å². The van der Waals surface area contributed by atoms with Gasteiger partial charge in [0.2, 0.25) is 0 Å². The SMILES string of the molecule is O=Cc1cnc(Sc2cccc(Br)c2)nc1. The topological polar surface area (TPSA) is 42.9 Å². The van der Waals surface area contributed by atoms with E-state index in [1.165, 1.54) is 24.2 Å². The molecule has 0 saturated heterocycles. The van der Waals surface area contributed by atoms with E-state index < -0.39 is 0 Å². The minimum atomic E-state index is 0.485. The molecular formula is C11H7BrN2OS. The molecule has 0 spiro atoms. The predicted octanol–water partition coefficient (Wildman–Crippen LogP) is 3.20. The quantitative estimate of drug-likeness (QED) is 0.644. The molecule has 2 aromatic rings. The summed E-state index contributed by atoms with van der Waals surface area (Å²) in [6, 6.07) is 7.88. The highest BCUT2D eigenvalue weighted by Crippen LogP contribution is 2.26. The smallest absolute Gasteiger partial charge is 0.192 e. The molecule has 0 fully saturated rings. The van der Waals surface area contributed by atoms with Crippen molar-refractivity contribution >= 4 is 34.0 Å². The summed E-state index contributed by atoms with van der Waals surface area (Å²) in [4.78, 5) is 19.6. The maximum Gasteiger partial charge on any atom is 0.192 e. The molecule has 1 aromatic heterocycles. The van der Waals surface area contributed by atoms with E-state index in [-0.39, 0.29) is 0 Å². The number of aromatic nitrogens is 2. The van der Waals surface area contributed by atoms with E-state index in [0.717, 1.165) is 15.7 Å². The Balaban J connectivity index is 2.17. The number of hydrogen-bond donors (Lipinski definition) is 0. The van der Waals surface area contributed by atoms with Crippen molar-refractivity contribution in [3.05, 3.63) is 46.7 Å². The minimum absolute atomic E-state index is 0.485. The third kappa shape index (κ3) is 2.90. The number of carbonyl (C=O) groups excluding carboxylic acids is 1. The zero-order valence-corrected chi connectivity index (χ0v) is 10.5. The summed E-state index contributed by atoms with van der Waals surface area (Å²) < 4.78 is 1.02. The molecule has 80 valence electrons. The summed E-state index contributed by atoms with van der Waals surface area (Å²) in [5.74, 6) is 0. The normalized spacial score (nSPS) is 10.1. The molecule has 2 rings (SSSR count). The van der Waals surface area contributed by atoms with Crippen molar-refractivity contribution < 1.29 is 4.79 Å². The van der Waals surface area contributed by atoms with Gasteiger partial charge >= 0.3 is 0 Å². The van der Waals surface area contributed by atoms with Gasteiger partial charge < -0.3 is 0 Å². The summed E-state index contributed by atoms with van der Waals surface area (Å²) in [7, 11) is 0. The molecule has 1 heterocycles. The van der Waals surface area contributed by atoms with Crippen molar-refractivity contribution in [3.63, 3.8) is 0 Å². The van der Waals surface area contributed by atoms with Crippen LogP contribution in [0.4, 0.5) is 0 Å². The summed E-state index contributed by atoms with van der Waals surface area (Å²) in [5.41, 5.74) is 0.485. The lowest BCUT2D eigenvalue weighted by atomic mass is 10.4. The van der Waals surface area contributed by atoms with Gasteiger partial charge in [-0.3, -0.25) is 4.79 Å². The Morgan fingerprint density at radius 3 is 2.62 bits per heavy atom. The van der Waals surface area contributed by atoms with Crippen LogP contribution in [0.25, 0.3) is 0 Å². The van der Waals surface area contributed by atoms with Crippen LogP contribution in [0, 0.1) is 0 Å². The first-order chi connectivity index (χ1) is 7.78. The Bertz CT molecular complexity index is 502. The van der Waals surface area contributed by atoms with E-state index in [9.17, 15) is 4.79 Å². The van der Waals surface area contributed by atoms with Gasteiger partial charge in [0, 0.05) is 21.8 Å². The first kappa shape index (κ1) is 11.3. The Morgan fingerprint density at radius 2 is 2.00 bits per heavy atom. The maximum absolute atomic E-state index is 10.4. The van der Waals surface area contributed by atoms with Crippen LogP contribution in [0.1, 0.15) is 10.4 Å². The van der Waals surface area contributed by atoms with E-state index in [1.54, 1.807) is 0 Å². The predicted molar refractivity (Wildman–Crippen MR) is 65.7 cm³/mol. The van der Waals surface area contributed by atoms with Gasteiger partial charge in [0.1, 0.15) is 0 Å². The molecule has 1 aromatic carbocycles. The standard InChI is InChI=1S/C11H7BrN2OS/c12-9-2-1-3-10(4-9)16-11-13-5-8(7-15)6-14-11/h1-7H. The Hall–Kier alpha value is -1.20. The third-order valence-corrected chi connectivity index (χ3v) is 3.17. The number of aldehydes is 1. The Kier molecular flexibility index (Phi) is 3.69. The lowest BCUT2D eigenvalue weighted by Gasteiger charge is -2.00. The number of carbonyl (C=O) groups is 1. The zero-order chi connectivity index (χ0) is 11.4. The largest absolute Gasteiger partial charge is 0.298 e. The average Bonchev–Trinajstić information content (AvgIpc) is 2.30. The van der Waals surface area contributed by atoms with Crippen LogP contribution in [0.2, 0.25) is 0 Å². The molecule has 0 radical (unpaired) electrons. The first-order valence-electron chi connectivity index (χ1n) is 4.48. The average molecular weight is 295 g/mol.